The molecule has 0 bridgehead atoms. The number of ketones is 1. The molecule has 32 heavy (non-hydrogen) atoms. The summed E-state index contributed by atoms with van der Waals surface area (Å²) in [5, 5.41) is 10.7. The minimum atomic E-state index is -3.81. The summed E-state index contributed by atoms with van der Waals surface area (Å²) in [5.74, 6) is -1.13. The maximum absolute atomic E-state index is 12.6. The Kier molecular flexibility index (Phi) is 6.45. The molecule has 0 spiro atoms. The lowest BCUT2D eigenvalue weighted by atomic mass is 10.1. The molecule has 0 amide bonds. The number of carbonyl (C=O) groups excluding carboxylic acids is 2. The van der Waals surface area contributed by atoms with Gasteiger partial charge in [-0.2, -0.15) is 0 Å². The lowest BCUT2D eigenvalue weighted by molar-refractivity contribution is -0.305. The molecule has 0 atom stereocenters. The zero-order valence-corrected chi connectivity index (χ0v) is 18.1. The van der Waals surface area contributed by atoms with Crippen LogP contribution >= 0.6 is 0 Å². The molecular formula is C22H20N3O6S-. The monoisotopic (exact) mass is 454 g/mol. The number of aromatic amines is 2. The van der Waals surface area contributed by atoms with Crippen molar-refractivity contribution in [3.63, 3.8) is 0 Å². The summed E-state index contributed by atoms with van der Waals surface area (Å²) in [7, 11) is -3.81. The fraction of sp³-hybridized carbons (Fsp3) is 0.136. The molecule has 0 fully saturated rings. The topological polar surface area (TPSA) is 152 Å². The Bertz CT molecular complexity index is 1470. The Morgan fingerprint density at radius 2 is 1.69 bits per heavy atom. The Morgan fingerprint density at radius 1 is 1.03 bits per heavy atom. The van der Waals surface area contributed by atoms with Crippen molar-refractivity contribution in [3.05, 3.63) is 70.6 Å². The van der Waals surface area contributed by atoms with Crippen LogP contribution in [0.15, 0.2) is 64.4 Å². The summed E-state index contributed by atoms with van der Waals surface area (Å²) >= 11 is 0. The zero-order valence-electron chi connectivity index (χ0n) is 17.3. The van der Waals surface area contributed by atoms with Crippen LogP contribution < -0.4 is 15.4 Å². The minimum absolute atomic E-state index is 0.0563. The molecule has 2 aromatic carbocycles. The van der Waals surface area contributed by atoms with E-state index in [1.54, 1.807) is 30.5 Å². The van der Waals surface area contributed by atoms with Crippen LogP contribution in [0, 0.1) is 0 Å². The van der Waals surface area contributed by atoms with Gasteiger partial charge >= 0.3 is 0 Å². The number of sulfonamides is 1. The number of carbonyl (C=O) groups is 2. The van der Waals surface area contributed by atoms with Crippen LogP contribution in [0.3, 0.4) is 0 Å². The van der Waals surface area contributed by atoms with Crippen molar-refractivity contribution in [2.24, 2.45) is 0 Å². The van der Waals surface area contributed by atoms with E-state index in [1.165, 1.54) is 38.1 Å². The summed E-state index contributed by atoms with van der Waals surface area (Å²) in [6, 6.07) is 12.4. The smallest absolute Gasteiger partial charge is 0.272 e. The van der Waals surface area contributed by atoms with Crippen molar-refractivity contribution in [2.75, 3.05) is 4.72 Å². The van der Waals surface area contributed by atoms with E-state index in [9.17, 15) is 27.9 Å². The molecule has 9 nitrogen and oxygen atoms in total. The first-order valence-corrected chi connectivity index (χ1v) is 11.1. The number of anilines is 1. The Labute approximate surface area is 183 Å². The van der Waals surface area contributed by atoms with Gasteiger partial charge in [-0.1, -0.05) is 19.1 Å². The summed E-state index contributed by atoms with van der Waals surface area (Å²) < 4.78 is 27.8. The first kappa shape index (κ1) is 22.8. The molecule has 4 aromatic rings. The quantitative estimate of drug-likeness (QED) is 0.393. The van der Waals surface area contributed by atoms with Crippen molar-refractivity contribution in [3.8, 4) is 0 Å². The average Bonchev–Trinajstić information content (AvgIpc) is 3.25. The molecule has 0 aliphatic heterocycles. The molecule has 3 N–H and O–H groups in total. The molecule has 0 aliphatic rings. The zero-order chi connectivity index (χ0) is 23.5. The third-order valence-corrected chi connectivity index (χ3v) is 6.04. The number of benzene rings is 2. The molecule has 0 unspecified atom stereocenters. The summed E-state index contributed by atoms with van der Waals surface area (Å²) in [4.78, 5) is 38.3. The molecule has 10 heteroatoms. The number of aliphatic carboxylic acids is 1. The molecule has 0 saturated heterocycles. The van der Waals surface area contributed by atoms with Crippen molar-refractivity contribution in [1.82, 2.24) is 9.97 Å². The number of carboxylic acid groups (broad SMARTS) is 1. The van der Waals surface area contributed by atoms with Gasteiger partial charge in [-0.15, -0.1) is 0 Å². The van der Waals surface area contributed by atoms with Crippen LogP contribution in [-0.2, 0) is 14.8 Å². The molecular weight excluding hydrogens is 434 g/mol. The van der Waals surface area contributed by atoms with Gasteiger partial charge in [0.1, 0.15) is 5.52 Å². The van der Waals surface area contributed by atoms with E-state index in [0.29, 0.717) is 27.7 Å². The van der Waals surface area contributed by atoms with Crippen molar-refractivity contribution < 1.29 is 23.1 Å². The van der Waals surface area contributed by atoms with Crippen LogP contribution in [0.1, 0.15) is 30.6 Å². The Balaban J connectivity index is 0.000000523. The van der Waals surface area contributed by atoms with Gasteiger partial charge in [0.05, 0.1) is 4.90 Å². The molecule has 2 aromatic heterocycles. The second-order valence-electron chi connectivity index (χ2n) is 6.89. The van der Waals surface area contributed by atoms with Crippen molar-refractivity contribution in [1.29, 1.82) is 0 Å². The van der Waals surface area contributed by atoms with E-state index in [2.05, 4.69) is 14.7 Å². The molecule has 0 radical (unpaired) electrons. The number of nitrogens with one attached hydrogen (secondary N) is 3. The Morgan fingerprint density at radius 3 is 2.28 bits per heavy atom. The van der Waals surface area contributed by atoms with Crippen LogP contribution in [0.5, 0.6) is 0 Å². The fourth-order valence-electron chi connectivity index (χ4n) is 2.99. The molecule has 166 valence electrons. The SMILES string of the molecule is CC(=O)c1ccc(S(=O)(=O)Nc2ccc3[nH]c(=O)c4[nH]ccc4c3c2)cc1.CCC(=O)[O-]. The van der Waals surface area contributed by atoms with Gasteiger partial charge in [-0.3, -0.25) is 14.3 Å². The molecule has 4 rings (SSSR count). The van der Waals surface area contributed by atoms with E-state index in [-0.39, 0.29) is 22.7 Å². The van der Waals surface area contributed by atoms with Gasteiger partial charge in [0.2, 0.25) is 0 Å². The van der Waals surface area contributed by atoms with Crippen LogP contribution in [-0.4, -0.2) is 30.1 Å². The first-order valence-electron chi connectivity index (χ1n) is 9.59. The van der Waals surface area contributed by atoms with Gasteiger partial charge in [-0.05, 0) is 49.7 Å². The van der Waals surface area contributed by atoms with E-state index < -0.39 is 16.0 Å². The highest BCUT2D eigenvalue weighted by molar-refractivity contribution is 7.92. The predicted molar refractivity (Wildman–Crippen MR) is 119 cm³/mol. The van der Waals surface area contributed by atoms with Crippen molar-refractivity contribution in [2.45, 2.75) is 25.2 Å². The molecule has 0 aliphatic carbocycles. The van der Waals surface area contributed by atoms with E-state index in [0.717, 1.165) is 5.39 Å². The number of rotatable bonds is 5. The van der Waals surface area contributed by atoms with E-state index in [1.807, 2.05) is 0 Å². The molecule has 2 heterocycles. The predicted octanol–water partition coefficient (Wildman–Crippen LogP) is 2.16. The lowest BCUT2D eigenvalue weighted by Crippen LogP contribution is -2.19. The van der Waals surface area contributed by atoms with E-state index in [4.69, 9.17) is 0 Å². The third-order valence-electron chi connectivity index (χ3n) is 4.64. The largest absolute Gasteiger partial charge is 0.550 e. The summed E-state index contributed by atoms with van der Waals surface area (Å²) in [6.07, 6.45) is 1.77. The van der Waals surface area contributed by atoms with Crippen LogP contribution in [0.2, 0.25) is 0 Å². The highest BCUT2D eigenvalue weighted by Gasteiger charge is 2.15. The van der Waals surface area contributed by atoms with E-state index >= 15 is 0 Å². The number of hydrogen-bond acceptors (Lipinski definition) is 6. The second kappa shape index (κ2) is 9.06. The number of hydrogen-bond donors (Lipinski definition) is 3. The summed E-state index contributed by atoms with van der Waals surface area (Å²) in [6.45, 7) is 2.96. The fourth-order valence-corrected chi connectivity index (χ4v) is 4.04. The maximum Gasteiger partial charge on any atom is 0.272 e. The van der Waals surface area contributed by atoms with Gasteiger partial charge in [0.15, 0.2) is 5.78 Å². The van der Waals surface area contributed by atoms with Gasteiger partial charge in [0.25, 0.3) is 15.6 Å². The standard InChI is InChI=1S/C19H15N3O4S.C3H6O2/c1-11(23)12-2-5-14(6-3-12)27(25,26)22-13-4-7-17-16(10-13)15-8-9-20-18(15)19(24)21-17;1-2-3(4)5/h2-10,20,22H,1H3,(H,21,24);2H2,1H3,(H,4,5)/p-1. The summed E-state index contributed by atoms with van der Waals surface area (Å²) in [5.41, 5.74) is 1.62. The van der Waals surface area contributed by atoms with Crippen LogP contribution in [0.25, 0.3) is 21.8 Å². The van der Waals surface area contributed by atoms with Crippen LogP contribution in [0.4, 0.5) is 5.69 Å². The minimum Gasteiger partial charge on any atom is -0.550 e. The highest BCUT2D eigenvalue weighted by Crippen LogP contribution is 2.25. The highest BCUT2D eigenvalue weighted by atomic mass is 32.2. The van der Waals surface area contributed by atoms with Gasteiger partial charge < -0.3 is 19.9 Å². The number of carboxylic acids is 1. The lowest BCUT2D eigenvalue weighted by Gasteiger charge is -2.10. The normalized spacial score (nSPS) is 11.1. The number of aromatic nitrogens is 2. The Hall–Kier alpha value is -3.92. The van der Waals surface area contributed by atoms with Gasteiger partial charge in [0, 0.05) is 39.7 Å². The second-order valence-corrected chi connectivity index (χ2v) is 8.57. The molecule has 0 saturated carbocycles. The number of H-pyrrole nitrogens is 2. The van der Waals surface area contributed by atoms with Crippen molar-refractivity contribution >= 4 is 49.3 Å². The maximum atomic E-state index is 12.6. The van der Waals surface area contributed by atoms with Gasteiger partial charge in [-0.25, -0.2) is 8.42 Å². The average molecular weight is 454 g/mol. The first-order chi connectivity index (χ1) is 15.1. The number of pyridine rings is 1. The third kappa shape index (κ3) is 4.86. The number of Topliss-reactive ketones (excluding diaryl/α,β-unsaturated/α-hetero) is 1. The number of fused-ring (bicyclic) bond motifs is 3.